The van der Waals surface area contributed by atoms with Gasteiger partial charge in [0.05, 0.1) is 0 Å². The largest absolute Gasteiger partial charge is 0.338 e. The molecule has 0 radical (unpaired) electrons. The van der Waals surface area contributed by atoms with Gasteiger partial charge in [-0.25, -0.2) is 4.98 Å². The van der Waals surface area contributed by atoms with Crippen molar-refractivity contribution in [2.24, 2.45) is 12.8 Å². The Kier molecular flexibility index (Phi) is 3.38. The number of aryl methyl sites for hydroxylation is 1. The Bertz CT molecular complexity index is 307. The lowest BCUT2D eigenvalue weighted by molar-refractivity contribution is 0.259. The van der Waals surface area contributed by atoms with Gasteiger partial charge in [-0.15, -0.1) is 0 Å². The third-order valence-corrected chi connectivity index (χ3v) is 3.31. The number of nitrogens with zero attached hydrogens (tertiary/aromatic N) is 3. The summed E-state index contributed by atoms with van der Waals surface area (Å²) in [5, 5.41) is 0. The summed E-state index contributed by atoms with van der Waals surface area (Å²) in [6.07, 6.45) is 7.44. The van der Waals surface area contributed by atoms with E-state index in [0.717, 1.165) is 25.3 Å². The minimum atomic E-state index is 0.602. The molecule has 0 amide bonds. The van der Waals surface area contributed by atoms with E-state index >= 15 is 0 Å². The van der Waals surface area contributed by atoms with E-state index in [-0.39, 0.29) is 0 Å². The molecular weight excluding hydrogens is 188 g/mol. The Morgan fingerprint density at radius 3 is 3.13 bits per heavy atom. The number of likely N-dealkylation sites (tertiary alicyclic amines) is 1. The number of hydrogen-bond acceptors (Lipinski definition) is 3. The summed E-state index contributed by atoms with van der Waals surface area (Å²) < 4.78 is 2.09. The molecule has 2 heterocycles. The molecule has 15 heavy (non-hydrogen) atoms. The van der Waals surface area contributed by atoms with Crippen molar-refractivity contribution in [1.82, 2.24) is 14.5 Å². The van der Waals surface area contributed by atoms with Crippen molar-refractivity contribution in [2.45, 2.75) is 25.3 Å². The highest BCUT2D eigenvalue weighted by molar-refractivity contribution is 4.93. The molecule has 1 aliphatic heterocycles. The SMILES string of the molecule is Cn1ccnc1CCN1CCCC1CN. The summed E-state index contributed by atoms with van der Waals surface area (Å²) in [6, 6.07) is 0.602. The van der Waals surface area contributed by atoms with Crippen molar-refractivity contribution in [3.63, 3.8) is 0 Å². The molecule has 2 rings (SSSR count). The second kappa shape index (κ2) is 4.77. The lowest BCUT2D eigenvalue weighted by Crippen LogP contribution is -2.36. The van der Waals surface area contributed by atoms with E-state index in [2.05, 4.69) is 14.5 Å². The normalized spacial score (nSPS) is 22.4. The first-order chi connectivity index (χ1) is 7.31. The summed E-state index contributed by atoms with van der Waals surface area (Å²) in [5.41, 5.74) is 5.74. The highest BCUT2D eigenvalue weighted by Crippen LogP contribution is 2.16. The molecule has 4 heteroatoms. The highest BCUT2D eigenvalue weighted by atomic mass is 15.2. The van der Waals surface area contributed by atoms with Crippen molar-refractivity contribution in [1.29, 1.82) is 0 Å². The molecule has 0 bridgehead atoms. The number of rotatable bonds is 4. The quantitative estimate of drug-likeness (QED) is 0.778. The summed E-state index contributed by atoms with van der Waals surface area (Å²) in [7, 11) is 2.05. The Labute approximate surface area is 91.1 Å². The zero-order valence-corrected chi connectivity index (χ0v) is 9.39. The number of imidazole rings is 1. The van der Waals surface area contributed by atoms with Crippen molar-refractivity contribution in [2.75, 3.05) is 19.6 Å². The molecule has 84 valence electrons. The van der Waals surface area contributed by atoms with Crippen molar-refractivity contribution in [3.8, 4) is 0 Å². The molecule has 1 aromatic rings. The van der Waals surface area contributed by atoms with Crippen LogP contribution < -0.4 is 5.73 Å². The molecule has 1 fully saturated rings. The molecule has 0 aliphatic carbocycles. The molecule has 1 atom stereocenters. The third-order valence-electron chi connectivity index (χ3n) is 3.31. The topological polar surface area (TPSA) is 47.1 Å². The Morgan fingerprint density at radius 1 is 1.60 bits per heavy atom. The van der Waals surface area contributed by atoms with Gasteiger partial charge in [-0.1, -0.05) is 0 Å². The first kappa shape index (κ1) is 10.6. The van der Waals surface area contributed by atoms with Crippen LogP contribution in [0.1, 0.15) is 18.7 Å². The smallest absolute Gasteiger partial charge is 0.109 e. The van der Waals surface area contributed by atoms with Gasteiger partial charge >= 0.3 is 0 Å². The highest BCUT2D eigenvalue weighted by Gasteiger charge is 2.22. The van der Waals surface area contributed by atoms with Crippen LogP contribution in [0.5, 0.6) is 0 Å². The van der Waals surface area contributed by atoms with Gasteiger partial charge in [-0.05, 0) is 19.4 Å². The second-order valence-electron chi connectivity index (χ2n) is 4.27. The number of hydrogen-bond donors (Lipinski definition) is 1. The average molecular weight is 208 g/mol. The van der Waals surface area contributed by atoms with Crippen molar-refractivity contribution >= 4 is 0 Å². The fourth-order valence-corrected chi connectivity index (χ4v) is 2.34. The van der Waals surface area contributed by atoms with Gasteiger partial charge in [0.2, 0.25) is 0 Å². The van der Waals surface area contributed by atoms with E-state index in [1.807, 2.05) is 19.4 Å². The van der Waals surface area contributed by atoms with Gasteiger partial charge in [0.15, 0.2) is 0 Å². The molecule has 0 saturated carbocycles. The zero-order chi connectivity index (χ0) is 10.7. The summed E-state index contributed by atoms with van der Waals surface area (Å²) in [6.45, 7) is 3.08. The minimum absolute atomic E-state index is 0.602. The van der Waals surface area contributed by atoms with Crippen LogP contribution in [-0.2, 0) is 13.5 Å². The number of nitrogens with two attached hydrogens (primary N) is 1. The standard InChI is InChI=1S/C11H20N4/c1-14-8-5-13-11(14)4-7-15-6-2-3-10(15)9-12/h5,8,10H,2-4,6-7,9,12H2,1H3. The van der Waals surface area contributed by atoms with Crippen LogP contribution >= 0.6 is 0 Å². The Balaban J connectivity index is 1.85. The zero-order valence-electron chi connectivity index (χ0n) is 9.39. The maximum absolute atomic E-state index is 5.74. The molecule has 0 aromatic carbocycles. The molecule has 4 nitrogen and oxygen atoms in total. The first-order valence-corrected chi connectivity index (χ1v) is 5.71. The average Bonchev–Trinajstić information content (AvgIpc) is 2.83. The summed E-state index contributed by atoms with van der Waals surface area (Å²) >= 11 is 0. The van der Waals surface area contributed by atoms with Crippen LogP contribution in [0.15, 0.2) is 12.4 Å². The molecule has 1 saturated heterocycles. The minimum Gasteiger partial charge on any atom is -0.338 e. The predicted molar refractivity (Wildman–Crippen MR) is 60.6 cm³/mol. The van der Waals surface area contributed by atoms with Crippen LogP contribution in [0.3, 0.4) is 0 Å². The molecule has 1 aliphatic rings. The predicted octanol–water partition coefficient (Wildman–Crippen LogP) is 0.386. The monoisotopic (exact) mass is 208 g/mol. The van der Waals surface area contributed by atoms with E-state index in [1.54, 1.807) is 0 Å². The number of aromatic nitrogens is 2. The lowest BCUT2D eigenvalue weighted by atomic mass is 10.2. The van der Waals surface area contributed by atoms with Crippen LogP contribution in [-0.4, -0.2) is 40.1 Å². The summed E-state index contributed by atoms with van der Waals surface area (Å²) in [4.78, 5) is 6.83. The third kappa shape index (κ3) is 2.38. The van der Waals surface area contributed by atoms with Gasteiger partial charge in [-0.3, -0.25) is 4.90 Å². The molecule has 1 aromatic heterocycles. The molecule has 2 N–H and O–H groups in total. The fourth-order valence-electron chi connectivity index (χ4n) is 2.34. The van der Waals surface area contributed by atoms with Crippen LogP contribution in [0.2, 0.25) is 0 Å². The van der Waals surface area contributed by atoms with Crippen LogP contribution in [0.25, 0.3) is 0 Å². The van der Waals surface area contributed by atoms with Gasteiger partial charge in [0.25, 0.3) is 0 Å². The second-order valence-corrected chi connectivity index (χ2v) is 4.27. The van der Waals surface area contributed by atoms with E-state index in [1.165, 1.54) is 19.4 Å². The van der Waals surface area contributed by atoms with Gasteiger partial charge in [0.1, 0.15) is 5.82 Å². The van der Waals surface area contributed by atoms with Gasteiger partial charge < -0.3 is 10.3 Å². The van der Waals surface area contributed by atoms with E-state index < -0.39 is 0 Å². The summed E-state index contributed by atoms with van der Waals surface area (Å²) in [5.74, 6) is 1.16. The fraction of sp³-hybridized carbons (Fsp3) is 0.727. The van der Waals surface area contributed by atoms with E-state index in [9.17, 15) is 0 Å². The van der Waals surface area contributed by atoms with Crippen molar-refractivity contribution in [3.05, 3.63) is 18.2 Å². The van der Waals surface area contributed by atoms with E-state index in [0.29, 0.717) is 6.04 Å². The molecule has 0 spiro atoms. The maximum atomic E-state index is 5.74. The Hall–Kier alpha value is -0.870. The lowest BCUT2D eigenvalue weighted by Gasteiger charge is -2.22. The molecule has 1 unspecified atom stereocenters. The van der Waals surface area contributed by atoms with Crippen LogP contribution in [0.4, 0.5) is 0 Å². The van der Waals surface area contributed by atoms with E-state index in [4.69, 9.17) is 5.73 Å². The maximum Gasteiger partial charge on any atom is 0.109 e. The van der Waals surface area contributed by atoms with Crippen molar-refractivity contribution < 1.29 is 0 Å². The van der Waals surface area contributed by atoms with Gasteiger partial charge in [0, 0.05) is 45.0 Å². The molecular formula is C11H20N4. The van der Waals surface area contributed by atoms with Crippen LogP contribution in [0, 0.1) is 0 Å². The Morgan fingerprint density at radius 2 is 2.47 bits per heavy atom. The van der Waals surface area contributed by atoms with Gasteiger partial charge in [-0.2, -0.15) is 0 Å². The first-order valence-electron chi connectivity index (χ1n) is 5.71.